The average Bonchev–Trinajstić information content (AvgIpc) is 3.24. The minimum atomic E-state index is -1.18. The molecule has 0 spiro atoms. The molecule has 0 aliphatic carbocycles. The highest BCUT2D eigenvalue weighted by atomic mass is 35.5. The molecule has 3 aliphatic rings. The van der Waals surface area contributed by atoms with Crippen molar-refractivity contribution in [3.05, 3.63) is 11.5 Å². The quantitative estimate of drug-likeness (QED) is 0.602. The fraction of sp³-hybridized carbons (Fsp3) is 0.700. The van der Waals surface area contributed by atoms with E-state index < -0.39 is 48.3 Å². The van der Waals surface area contributed by atoms with Gasteiger partial charge in [0.2, 0.25) is 11.9 Å². The number of anilines is 1. The molecule has 0 bridgehead atoms. The highest BCUT2D eigenvalue weighted by Crippen LogP contribution is 2.43. The van der Waals surface area contributed by atoms with Gasteiger partial charge in [0.1, 0.15) is 36.0 Å². The molecular weight excluding hydrogens is 458 g/mol. The predicted molar refractivity (Wildman–Crippen MR) is 113 cm³/mol. The zero-order valence-corrected chi connectivity index (χ0v) is 19.6. The SMILES string of the molecule is CC(=O)Nc1nc(Cl)c2ncn(C3OC4COC(C)(C)O[C@H]4C4OC(C)(C)O[C@@H]4C3O)c2n1. The lowest BCUT2D eigenvalue weighted by Crippen LogP contribution is -2.55. The van der Waals surface area contributed by atoms with E-state index in [2.05, 4.69) is 20.3 Å². The Hall–Kier alpha value is -1.93. The van der Waals surface area contributed by atoms with Crippen molar-refractivity contribution in [3.63, 3.8) is 0 Å². The molecule has 2 aromatic heterocycles. The summed E-state index contributed by atoms with van der Waals surface area (Å²) in [6, 6.07) is 0. The van der Waals surface area contributed by atoms with E-state index in [1.54, 1.807) is 13.8 Å². The summed E-state index contributed by atoms with van der Waals surface area (Å²) in [6.07, 6.45) is -3.21. The molecule has 5 rings (SSSR count). The van der Waals surface area contributed by atoms with E-state index >= 15 is 0 Å². The molecule has 180 valence electrons. The van der Waals surface area contributed by atoms with Crippen LogP contribution in [0, 0.1) is 0 Å². The predicted octanol–water partition coefficient (Wildman–Crippen LogP) is 1.37. The number of aliphatic hydroxyl groups excluding tert-OH is 1. The Kier molecular flexibility index (Phi) is 5.40. The Morgan fingerprint density at radius 2 is 1.85 bits per heavy atom. The van der Waals surface area contributed by atoms with E-state index in [9.17, 15) is 9.90 Å². The smallest absolute Gasteiger partial charge is 0.232 e. The van der Waals surface area contributed by atoms with Gasteiger partial charge in [-0.15, -0.1) is 0 Å². The highest BCUT2D eigenvalue weighted by Gasteiger charge is 2.58. The molecule has 13 heteroatoms. The number of hydrogen-bond acceptors (Lipinski definition) is 10. The number of amides is 1. The molecule has 2 N–H and O–H groups in total. The molecule has 0 aromatic carbocycles. The summed E-state index contributed by atoms with van der Waals surface area (Å²) in [5.74, 6) is -2.14. The number of hydrogen-bond donors (Lipinski definition) is 2. The Bertz CT molecular complexity index is 1090. The Morgan fingerprint density at radius 1 is 1.15 bits per heavy atom. The van der Waals surface area contributed by atoms with Gasteiger partial charge in [-0.1, -0.05) is 11.6 Å². The molecule has 4 unspecified atom stereocenters. The van der Waals surface area contributed by atoms with Crippen LogP contribution in [0.2, 0.25) is 5.15 Å². The molecule has 1 amide bonds. The van der Waals surface area contributed by atoms with Gasteiger partial charge in [-0.25, -0.2) is 4.98 Å². The third-order valence-corrected chi connectivity index (χ3v) is 6.02. The maximum Gasteiger partial charge on any atom is 0.232 e. The van der Waals surface area contributed by atoms with Crippen LogP contribution >= 0.6 is 11.6 Å². The first-order chi connectivity index (χ1) is 15.4. The van der Waals surface area contributed by atoms with Gasteiger partial charge in [-0.05, 0) is 27.7 Å². The maximum atomic E-state index is 11.5. The van der Waals surface area contributed by atoms with Crippen LogP contribution in [0.3, 0.4) is 0 Å². The summed E-state index contributed by atoms with van der Waals surface area (Å²) in [5.41, 5.74) is 0.564. The van der Waals surface area contributed by atoms with Gasteiger partial charge in [-0.2, -0.15) is 9.97 Å². The van der Waals surface area contributed by atoms with Crippen molar-refractivity contribution < 1.29 is 33.6 Å². The monoisotopic (exact) mass is 483 g/mol. The number of aromatic nitrogens is 4. The minimum absolute atomic E-state index is 0.00767. The molecule has 0 radical (unpaired) electrons. The fourth-order valence-corrected chi connectivity index (χ4v) is 4.69. The van der Waals surface area contributed by atoms with Crippen LogP contribution in [0.15, 0.2) is 6.33 Å². The Labute approximate surface area is 194 Å². The number of rotatable bonds is 2. The van der Waals surface area contributed by atoms with Crippen molar-refractivity contribution in [2.24, 2.45) is 0 Å². The van der Waals surface area contributed by atoms with Gasteiger partial charge in [0, 0.05) is 6.92 Å². The van der Waals surface area contributed by atoms with Crippen LogP contribution in [0.5, 0.6) is 0 Å². The van der Waals surface area contributed by atoms with Crippen molar-refractivity contribution in [1.29, 1.82) is 0 Å². The van der Waals surface area contributed by atoms with Crippen LogP contribution in [-0.4, -0.2) is 79.2 Å². The number of fused-ring (bicyclic) bond motifs is 4. The largest absolute Gasteiger partial charge is 0.386 e. The Morgan fingerprint density at radius 3 is 2.58 bits per heavy atom. The molecule has 2 aromatic rings. The number of aliphatic hydroxyl groups is 1. The lowest BCUT2D eigenvalue weighted by molar-refractivity contribution is -0.332. The van der Waals surface area contributed by atoms with Gasteiger partial charge in [-0.3, -0.25) is 14.7 Å². The van der Waals surface area contributed by atoms with Crippen LogP contribution in [0.1, 0.15) is 40.8 Å². The normalized spacial score (nSPS) is 35.0. The van der Waals surface area contributed by atoms with E-state index in [-0.39, 0.29) is 29.3 Å². The van der Waals surface area contributed by atoms with Crippen LogP contribution in [-0.2, 0) is 28.5 Å². The van der Waals surface area contributed by atoms with Crippen LogP contribution < -0.4 is 5.32 Å². The number of carbonyl (C=O) groups is 1. The molecule has 5 heterocycles. The first-order valence-corrected chi connectivity index (χ1v) is 11.0. The van der Waals surface area contributed by atoms with Crippen molar-refractivity contribution in [2.75, 3.05) is 11.9 Å². The number of ether oxygens (including phenoxy) is 5. The van der Waals surface area contributed by atoms with Crippen molar-refractivity contribution in [3.8, 4) is 0 Å². The maximum absolute atomic E-state index is 11.5. The first kappa shape index (κ1) is 22.8. The summed E-state index contributed by atoms with van der Waals surface area (Å²) in [5, 5.41) is 14.0. The number of nitrogens with zero attached hydrogens (tertiary/aromatic N) is 4. The van der Waals surface area contributed by atoms with Gasteiger partial charge in [0.25, 0.3) is 0 Å². The number of carbonyl (C=O) groups excluding carboxylic acids is 1. The van der Waals surface area contributed by atoms with E-state index in [0.29, 0.717) is 5.52 Å². The Balaban J connectivity index is 1.58. The van der Waals surface area contributed by atoms with E-state index in [1.807, 2.05) is 13.8 Å². The summed E-state index contributed by atoms with van der Waals surface area (Å²) < 4.78 is 32.0. The topological polar surface area (TPSA) is 139 Å². The third kappa shape index (κ3) is 4.09. The van der Waals surface area contributed by atoms with E-state index in [0.717, 1.165) is 0 Å². The van der Waals surface area contributed by atoms with Crippen molar-refractivity contribution >= 4 is 34.6 Å². The molecule has 3 aliphatic heterocycles. The van der Waals surface area contributed by atoms with Crippen molar-refractivity contribution in [1.82, 2.24) is 19.5 Å². The molecule has 3 saturated heterocycles. The zero-order chi connectivity index (χ0) is 23.7. The standard InChI is InChI=1S/C20H26ClN5O7/c1-8(27)23-18-24-15(21)10-16(25-18)26(7-22-10)17-11(28)13-14(33-20(4,5)32-13)12-9(30-17)6-29-19(2,3)31-12/h7,9,11-14,17,28H,6H2,1-5H3,(H,23,24,25,27)/t9?,11?,12-,13-,14?,17?/m1/s1. The summed E-state index contributed by atoms with van der Waals surface area (Å²) in [7, 11) is 0. The highest BCUT2D eigenvalue weighted by molar-refractivity contribution is 6.33. The summed E-state index contributed by atoms with van der Waals surface area (Å²) >= 11 is 6.27. The minimum Gasteiger partial charge on any atom is -0.386 e. The van der Waals surface area contributed by atoms with Gasteiger partial charge < -0.3 is 28.8 Å². The van der Waals surface area contributed by atoms with E-state index in [1.165, 1.54) is 17.8 Å². The van der Waals surface area contributed by atoms with Crippen LogP contribution in [0.4, 0.5) is 5.95 Å². The lowest BCUT2D eigenvalue weighted by atomic mass is 9.99. The summed E-state index contributed by atoms with van der Waals surface area (Å²) in [4.78, 5) is 24.2. The lowest BCUT2D eigenvalue weighted by Gasteiger charge is -2.42. The molecule has 12 nitrogen and oxygen atoms in total. The average molecular weight is 484 g/mol. The second-order valence-electron chi connectivity index (χ2n) is 9.26. The zero-order valence-electron chi connectivity index (χ0n) is 18.8. The number of nitrogens with one attached hydrogen (secondary N) is 1. The molecule has 3 fully saturated rings. The third-order valence-electron chi connectivity index (χ3n) is 5.75. The second kappa shape index (κ2) is 7.80. The van der Waals surface area contributed by atoms with Gasteiger partial charge in [0.15, 0.2) is 28.6 Å². The van der Waals surface area contributed by atoms with Crippen molar-refractivity contribution in [2.45, 2.75) is 82.9 Å². The number of imidazole rings is 1. The fourth-order valence-electron chi connectivity index (χ4n) is 4.48. The van der Waals surface area contributed by atoms with Crippen LogP contribution in [0.25, 0.3) is 11.2 Å². The molecule has 0 saturated carbocycles. The number of halogens is 1. The second-order valence-corrected chi connectivity index (χ2v) is 9.62. The summed E-state index contributed by atoms with van der Waals surface area (Å²) in [6.45, 7) is 8.73. The molecular formula is C20H26ClN5O7. The molecule has 6 atom stereocenters. The first-order valence-electron chi connectivity index (χ1n) is 10.6. The molecule has 33 heavy (non-hydrogen) atoms. The van der Waals surface area contributed by atoms with Gasteiger partial charge >= 0.3 is 0 Å². The van der Waals surface area contributed by atoms with E-state index in [4.69, 9.17) is 35.3 Å². The van der Waals surface area contributed by atoms with Gasteiger partial charge in [0.05, 0.1) is 12.9 Å².